The van der Waals surface area contributed by atoms with Gasteiger partial charge in [0.05, 0.1) is 12.7 Å². The average Bonchev–Trinajstić information content (AvgIpc) is 2.59. The second kappa shape index (κ2) is 11.6. The molecule has 0 heterocycles. The van der Waals surface area contributed by atoms with Crippen LogP contribution in [0.3, 0.4) is 0 Å². The molecule has 0 aliphatic heterocycles. The molecule has 1 rings (SSSR count). The monoisotopic (exact) mass is 320 g/mol. The van der Waals surface area contributed by atoms with E-state index in [1.807, 2.05) is 18.2 Å². The van der Waals surface area contributed by atoms with Gasteiger partial charge in [0.25, 0.3) is 0 Å². The third kappa shape index (κ3) is 7.99. The fourth-order valence-electron chi connectivity index (χ4n) is 3.18. The van der Waals surface area contributed by atoms with Crippen molar-refractivity contribution in [1.29, 1.82) is 0 Å². The fourth-order valence-corrected chi connectivity index (χ4v) is 3.18. The molecule has 23 heavy (non-hydrogen) atoms. The molecule has 1 aromatic rings. The van der Waals surface area contributed by atoms with Gasteiger partial charge in [-0.25, -0.2) is 0 Å². The number of hydrogen-bond acceptors (Lipinski definition) is 2. The van der Waals surface area contributed by atoms with Crippen molar-refractivity contribution in [2.24, 2.45) is 0 Å². The third-order valence-electron chi connectivity index (χ3n) is 4.98. The lowest BCUT2D eigenvalue weighted by Crippen LogP contribution is -2.26. The van der Waals surface area contributed by atoms with Gasteiger partial charge >= 0.3 is 0 Å². The van der Waals surface area contributed by atoms with Crippen molar-refractivity contribution in [3.05, 3.63) is 35.9 Å². The van der Waals surface area contributed by atoms with Crippen LogP contribution in [0.4, 0.5) is 0 Å². The maximum atomic E-state index is 9.99. The van der Waals surface area contributed by atoms with Gasteiger partial charge in [0.1, 0.15) is 0 Å². The Labute approximate surface area is 142 Å². The Morgan fingerprint density at radius 2 is 1.52 bits per heavy atom. The van der Waals surface area contributed by atoms with Crippen LogP contribution in [-0.4, -0.2) is 22.9 Å². The van der Waals surface area contributed by atoms with E-state index in [4.69, 9.17) is 0 Å². The number of rotatable bonds is 13. The zero-order valence-electron chi connectivity index (χ0n) is 15.1. The Kier molecular flexibility index (Phi) is 10.2. The zero-order valence-corrected chi connectivity index (χ0v) is 15.1. The minimum atomic E-state index is -0.139. The summed E-state index contributed by atoms with van der Waals surface area (Å²) in [6.45, 7) is 4.55. The molecule has 0 saturated carbocycles. The van der Waals surface area contributed by atoms with Crippen LogP contribution in [0.1, 0.15) is 83.6 Å². The van der Waals surface area contributed by atoms with E-state index in [2.05, 4.69) is 26.0 Å². The highest BCUT2D eigenvalue weighted by Gasteiger charge is 2.24. The lowest BCUT2D eigenvalue weighted by Gasteiger charge is -2.28. The Hall–Kier alpha value is -0.860. The van der Waals surface area contributed by atoms with Crippen LogP contribution in [-0.2, 0) is 5.41 Å². The van der Waals surface area contributed by atoms with Crippen molar-refractivity contribution in [3.8, 4) is 0 Å². The molecule has 2 N–H and O–H groups in total. The topological polar surface area (TPSA) is 40.5 Å². The summed E-state index contributed by atoms with van der Waals surface area (Å²) in [6, 6.07) is 10.3. The van der Waals surface area contributed by atoms with Crippen LogP contribution in [0, 0.1) is 0 Å². The second-order valence-electron chi connectivity index (χ2n) is 7.19. The molecule has 0 radical (unpaired) electrons. The van der Waals surface area contributed by atoms with Crippen LogP contribution in [0.25, 0.3) is 0 Å². The maximum Gasteiger partial charge on any atom is 0.0540 e. The molecule has 0 saturated heterocycles. The van der Waals surface area contributed by atoms with Crippen LogP contribution in [0.5, 0.6) is 0 Å². The third-order valence-corrected chi connectivity index (χ3v) is 4.98. The second-order valence-corrected chi connectivity index (χ2v) is 7.19. The van der Waals surface area contributed by atoms with Gasteiger partial charge in [0, 0.05) is 5.41 Å². The number of benzene rings is 1. The van der Waals surface area contributed by atoms with Gasteiger partial charge in [0.15, 0.2) is 0 Å². The largest absolute Gasteiger partial charge is 0.395 e. The van der Waals surface area contributed by atoms with Crippen LogP contribution in [0.2, 0.25) is 0 Å². The molecule has 0 aliphatic carbocycles. The molecular formula is C21H36O2. The highest BCUT2D eigenvalue weighted by Crippen LogP contribution is 2.29. The van der Waals surface area contributed by atoms with Crippen molar-refractivity contribution in [2.45, 2.75) is 89.6 Å². The summed E-state index contributed by atoms with van der Waals surface area (Å²) < 4.78 is 0. The van der Waals surface area contributed by atoms with Gasteiger partial charge in [-0.1, -0.05) is 89.1 Å². The van der Waals surface area contributed by atoms with E-state index >= 15 is 0 Å². The first-order chi connectivity index (χ1) is 11.1. The van der Waals surface area contributed by atoms with E-state index in [1.54, 1.807) is 0 Å². The summed E-state index contributed by atoms with van der Waals surface area (Å²) >= 11 is 0. The van der Waals surface area contributed by atoms with Crippen LogP contribution in [0.15, 0.2) is 30.3 Å². The molecule has 0 fully saturated rings. The number of aliphatic hydroxyl groups excluding tert-OH is 2. The summed E-state index contributed by atoms with van der Waals surface area (Å²) in [6.07, 6.45) is 11.0. The molecular weight excluding hydrogens is 284 g/mol. The molecule has 0 aromatic heterocycles. The number of aliphatic hydroxyl groups is 2. The first kappa shape index (κ1) is 20.2. The van der Waals surface area contributed by atoms with E-state index in [9.17, 15) is 10.2 Å². The Morgan fingerprint density at radius 1 is 0.913 bits per heavy atom. The van der Waals surface area contributed by atoms with Crippen LogP contribution >= 0.6 is 0 Å². The summed E-state index contributed by atoms with van der Waals surface area (Å²) in [5.41, 5.74) is 1.08. The number of unbranched alkanes of at least 4 members (excludes halogenated alkanes) is 5. The molecule has 0 aliphatic rings. The lowest BCUT2D eigenvalue weighted by molar-refractivity contribution is 0.146. The molecule has 2 atom stereocenters. The van der Waals surface area contributed by atoms with Gasteiger partial charge in [0.2, 0.25) is 0 Å². The SMILES string of the molecule is CCCCCCC(O)CCCCCC(C)(CO)c1ccccc1. The Balaban J connectivity index is 2.18. The smallest absolute Gasteiger partial charge is 0.0540 e. The van der Waals surface area contributed by atoms with Crippen LogP contribution < -0.4 is 0 Å². The number of hydrogen-bond donors (Lipinski definition) is 2. The summed E-state index contributed by atoms with van der Waals surface area (Å²) in [5.74, 6) is 0. The van der Waals surface area contributed by atoms with Crippen molar-refractivity contribution in [3.63, 3.8) is 0 Å². The summed E-state index contributed by atoms with van der Waals surface area (Å²) in [7, 11) is 0. The highest BCUT2D eigenvalue weighted by molar-refractivity contribution is 5.24. The first-order valence-corrected chi connectivity index (χ1v) is 9.47. The Morgan fingerprint density at radius 3 is 2.09 bits per heavy atom. The summed E-state index contributed by atoms with van der Waals surface area (Å²) in [5, 5.41) is 19.8. The predicted molar refractivity (Wildman–Crippen MR) is 98.7 cm³/mol. The fraction of sp³-hybridized carbons (Fsp3) is 0.714. The Bertz CT molecular complexity index is 390. The molecule has 1 aromatic carbocycles. The van der Waals surface area contributed by atoms with Gasteiger partial charge in [-0.15, -0.1) is 0 Å². The minimum Gasteiger partial charge on any atom is -0.395 e. The van der Waals surface area contributed by atoms with E-state index in [0.29, 0.717) is 0 Å². The molecule has 132 valence electrons. The van der Waals surface area contributed by atoms with E-state index < -0.39 is 0 Å². The first-order valence-electron chi connectivity index (χ1n) is 9.47. The van der Waals surface area contributed by atoms with Crippen molar-refractivity contribution in [1.82, 2.24) is 0 Å². The molecule has 2 heteroatoms. The van der Waals surface area contributed by atoms with E-state index in [0.717, 1.165) is 44.9 Å². The molecule has 0 bridgehead atoms. The summed E-state index contributed by atoms with van der Waals surface area (Å²) in [4.78, 5) is 0. The van der Waals surface area contributed by atoms with Crippen molar-refractivity contribution in [2.75, 3.05) is 6.61 Å². The highest BCUT2D eigenvalue weighted by atomic mass is 16.3. The normalized spacial score (nSPS) is 15.3. The van der Waals surface area contributed by atoms with Crippen molar-refractivity contribution < 1.29 is 10.2 Å². The van der Waals surface area contributed by atoms with Gasteiger partial charge in [-0.2, -0.15) is 0 Å². The molecule has 2 unspecified atom stereocenters. The van der Waals surface area contributed by atoms with Gasteiger partial charge in [-0.3, -0.25) is 0 Å². The lowest BCUT2D eigenvalue weighted by atomic mass is 9.79. The predicted octanol–water partition coefficient (Wildman–Crippen LogP) is 5.22. The van der Waals surface area contributed by atoms with Gasteiger partial charge in [-0.05, 0) is 24.8 Å². The van der Waals surface area contributed by atoms with E-state index in [-0.39, 0.29) is 18.1 Å². The average molecular weight is 321 g/mol. The van der Waals surface area contributed by atoms with Gasteiger partial charge < -0.3 is 10.2 Å². The minimum absolute atomic E-state index is 0.120. The zero-order chi connectivity index (χ0) is 17.0. The standard InChI is InChI=1S/C21H36O2/c1-3-4-5-10-15-20(23)16-11-7-12-17-21(2,18-22)19-13-8-6-9-14-19/h6,8-9,13-14,20,22-23H,3-5,7,10-12,15-18H2,1-2H3. The molecule has 2 nitrogen and oxygen atoms in total. The quantitative estimate of drug-likeness (QED) is 0.489. The van der Waals surface area contributed by atoms with Crippen molar-refractivity contribution >= 4 is 0 Å². The maximum absolute atomic E-state index is 9.99. The van der Waals surface area contributed by atoms with E-state index in [1.165, 1.54) is 24.8 Å². The molecule has 0 amide bonds. The molecule has 0 spiro atoms.